The Morgan fingerprint density at radius 1 is 0.914 bits per heavy atom. The van der Waals surface area contributed by atoms with Crippen molar-refractivity contribution in [3.8, 4) is 28.6 Å². The van der Waals surface area contributed by atoms with E-state index in [9.17, 15) is 4.79 Å². The zero-order valence-corrected chi connectivity index (χ0v) is 19.1. The fraction of sp³-hybridized carbons (Fsp3) is 0.0714. The molecule has 3 aromatic heterocycles. The molecule has 0 bridgehead atoms. The van der Waals surface area contributed by atoms with Crippen molar-refractivity contribution in [2.75, 3.05) is 5.32 Å². The molecule has 5 aromatic rings. The summed E-state index contributed by atoms with van der Waals surface area (Å²) in [6.45, 7) is 2.01. The van der Waals surface area contributed by atoms with E-state index in [0.717, 1.165) is 29.2 Å². The van der Waals surface area contributed by atoms with Gasteiger partial charge in [0.2, 0.25) is 5.88 Å². The minimum Gasteiger partial charge on any atom is -0.438 e. The second-order valence-corrected chi connectivity index (χ2v) is 7.79. The summed E-state index contributed by atoms with van der Waals surface area (Å²) < 4.78 is 8.01. The van der Waals surface area contributed by atoms with Crippen molar-refractivity contribution in [2.24, 2.45) is 0 Å². The molecule has 0 saturated carbocycles. The third-order valence-corrected chi connectivity index (χ3v) is 5.41. The Labute approximate surface area is 203 Å². The van der Waals surface area contributed by atoms with Crippen LogP contribution < -0.4 is 10.1 Å². The molecule has 5 rings (SSSR count). The number of amides is 1. The first kappa shape index (κ1) is 22.0. The molecule has 3 heterocycles. The number of anilines is 1. The minimum atomic E-state index is -0.185. The Kier molecular flexibility index (Phi) is 6.30. The maximum Gasteiger partial charge on any atom is 0.255 e. The van der Waals surface area contributed by atoms with Crippen LogP contribution >= 0.6 is 0 Å². The number of aromatic nitrogens is 4. The van der Waals surface area contributed by atoms with Gasteiger partial charge in [-0.3, -0.25) is 4.79 Å². The highest BCUT2D eigenvalue weighted by molar-refractivity contribution is 6.04. The summed E-state index contributed by atoms with van der Waals surface area (Å²) in [5.74, 6) is 1.63. The van der Waals surface area contributed by atoms with E-state index >= 15 is 0 Å². The van der Waals surface area contributed by atoms with Crippen molar-refractivity contribution in [3.05, 3.63) is 115 Å². The van der Waals surface area contributed by atoms with E-state index in [-0.39, 0.29) is 5.91 Å². The van der Waals surface area contributed by atoms with Gasteiger partial charge in [-0.15, -0.1) is 0 Å². The number of nitrogens with zero attached hydrogens (tertiary/aromatic N) is 4. The van der Waals surface area contributed by atoms with Gasteiger partial charge in [0.1, 0.15) is 11.6 Å². The molecular formula is C28H23N5O2. The fourth-order valence-corrected chi connectivity index (χ4v) is 3.62. The lowest BCUT2D eigenvalue weighted by atomic mass is 10.1. The molecule has 1 amide bonds. The quantitative estimate of drug-likeness (QED) is 0.325. The average Bonchev–Trinajstić information content (AvgIpc) is 3.45. The van der Waals surface area contributed by atoms with Crippen molar-refractivity contribution in [1.29, 1.82) is 0 Å². The van der Waals surface area contributed by atoms with Crippen LogP contribution in [-0.4, -0.2) is 25.4 Å². The number of rotatable bonds is 7. The minimum absolute atomic E-state index is 0.185. The van der Waals surface area contributed by atoms with E-state index in [4.69, 9.17) is 4.74 Å². The van der Waals surface area contributed by atoms with Crippen molar-refractivity contribution in [2.45, 2.75) is 13.3 Å². The van der Waals surface area contributed by atoms with Crippen LogP contribution in [0.1, 0.15) is 23.1 Å². The Morgan fingerprint density at radius 3 is 2.54 bits per heavy atom. The van der Waals surface area contributed by atoms with E-state index < -0.39 is 0 Å². The monoisotopic (exact) mass is 461 g/mol. The van der Waals surface area contributed by atoms with Gasteiger partial charge in [-0.05, 0) is 72.8 Å². The molecule has 0 saturated heterocycles. The molecule has 0 spiro atoms. The number of aryl methyl sites for hydroxylation is 1. The van der Waals surface area contributed by atoms with Crippen molar-refractivity contribution in [3.63, 3.8) is 0 Å². The third-order valence-electron chi connectivity index (χ3n) is 5.41. The van der Waals surface area contributed by atoms with Crippen molar-refractivity contribution >= 4 is 11.6 Å². The van der Waals surface area contributed by atoms with Crippen LogP contribution in [0.4, 0.5) is 5.69 Å². The predicted octanol–water partition coefficient (Wildman–Crippen LogP) is 5.94. The van der Waals surface area contributed by atoms with Gasteiger partial charge in [0.15, 0.2) is 0 Å². The molecular weight excluding hydrogens is 438 g/mol. The van der Waals surface area contributed by atoms with Gasteiger partial charge in [-0.1, -0.05) is 13.0 Å². The summed E-state index contributed by atoms with van der Waals surface area (Å²) in [7, 11) is 0. The number of carbonyl (C=O) groups is 1. The van der Waals surface area contributed by atoms with Crippen molar-refractivity contribution in [1.82, 2.24) is 19.5 Å². The molecule has 7 nitrogen and oxygen atoms in total. The Bertz CT molecular complexity index is 1450. The molecule has 0 unspecified atom stereocenters. The summed E-state index contributed by atoms with van der Waals surface area (Å²) in [6, 6.07) is 24.1. The molecule has 2 aromatic carbocycles. The van der Waals surface area contributed by atoms with Gasteiger partial charge in [-0.25, -0.2) is 15.0 Å². The molecule has 35 heavy (non-hydrogen) atoms. The maximum absolute atomic E-state index is 12.8. The second kappa shape index (κ2) is 10.0. The number of benzene rings is 2. The van der Waals surface area contributed by atoms with Gasteiger partial charge in [0.05, 0.1) is 11.3 Å². The zero-order chi connectivity index (χ0) is 24.0. The molecule has 0 fully saturated rings. The number of ether oxygens (including phenoxy) is 1. The van der Waals surface area contributed by atoms with Gasteiger partial charge >= 0.3 is 0 Å². The summed E-state index contributed by atoms with van der Waals surface area (Å²) in [5, 5.41) is 2.94. The number of hydrogen-bond acceptors (Lipinski definition) is 5. The zero-order valence-electron chi connectivity index (χ0n) is 19.1. The largest absolute Gasteiger partial charge is 0.438 e. The second-order valence-electron chi connectivity index (χ2n) is 7.79. The van der Waals surface area contributed by atoms with Gasteiger partial charge in [0, 0.05) is 48.1 Å². The fourth-order valence-electron chi connectivity index (χ4n) is 3.62. The maximum atomic E-state index is 12.8. The van der Waals surface area contributed by atoms with E-state index in [2.05, 4.69) is 20.3 Å². The lowest BCUT2D eigenvalue weighted by molar-refractivity contribution is 0.102. The first-order chi connectivity index (χ1) is 17.2. The van der Waals surface area contributed by atoms with Crippen LogP contribution in [-0.2, 0) is 6.42 Å². The molecule has 1 N–H and O–H groups in total. The van der Waals surface area contributed by atoms with Crippen molar-refractivity contribution < 1.29 is 9.53 Å². The summed E-state index contributed by atoms with van der Waals surface area (Å²) in [4.78, 5) is 26.0. The van der Waals surface area contributed by atoms with Gasteiger partial charge in [0.25, 0.3) is 5.91 Å². The Hall–Kier alpha value is -4.78. The van der Waals surface area contributed by atoms with E-state index in [1.165, 1.54) is 0 Å². The van der Waals surface area contributed by atoms with Crippen LogP contribution in [0.2, 0.25) is 0 Å². The molecule has 0 aliphatic heterocycles. The third kappa shape index (κ3) is 5.09. The van der Waals surface area contributed by atoms with Gasteiger partial charge in [-0.2, -0.15) is 0 Å². The normalized spacial score (nSPS) is 10.7. The Balaban J connectivity index is 1.30. The molecule has 0 aliphatic carbocycles. The smallest absolute Gasteiger partial charge is 0.255 e. The first-order valence-corrected chi connectivity index (χ1v) is 11.3. The van der Waals surface area contributed by atoms with Gasteiger partial charge < -0.3 is 14.6 Å². The van der Waals surface area contributed by atoms with Crippen LogP contribution in [0.5, 0.6) is 11.6 Å². The van der Waals surface area contributed by atoms with Crippen LogP contribution in [0, 0.1) is 0 Å². The first-order valence-electron chi connectivity index (χ1n) is 11.3. The average molecular weight is 462 g/mol. The molecule has 7 heteroatoms. The molecule has 172 valence electrons. The lowest BCUT2D eigenvalue weighted by Crippen LogP contribution is -2.12. The number of hydrogen-bond donors (Lipinski definition) is 1. The SMILES string of the molecule is CCc1nccc(-c2cccnc2Oc2ccc(NC(=O)c3cccc(-n4cccc4)c3)cc2)n1. The molecule has 0 aliphatic rings. The van der Waals surface area contributed by atoms with E-state index in [0.29, 0.717) is 22.9 Å². The standard InChI is InChI=1S/C28H23N5O2/c1-2-26-29-16-14-25(32-26)24-9-6-15-30-28(24)35-23-12-10-21(11-13-23)31-27(34)20-7-5-8-22(19-20)33-17-3-4-18-33/h3-19H,2H2,1H3,(H,31,34). The summed E-state index contributed by atoms with van der Waals surface area (Å²) >= 11 is 0. The molecule has 0 radical (unpaired) electrons. The Morgan fingerprint density at radius 2 is 1.74 bits per heavy atom. The summed E-state index contributed by atoms with van der Waals surface area (Å²) in [6.07, 6.45) is 8.04. The van der Waals surface area contributed by atoms with Crippen LogP contribution in [0.3, 0.4) is 0 Å². The van der Waals surface area contributed by atoms with Crippen LogP contribution in [0.15, 0.2) is 104 Å². The highest BCUT2D eigenvalue weighted by atomic mass is 16.5. The number of nitrogens with one attached hydrogen (secondary N) is 1. The number of pyridine rings is 1. The topological polar surface area (TPSA) is 81.9 Å². The molecule has 0 atom stereocenters. The van der Waals surface area contributed by atoms with E-state index in [1.54, 1.807) is 42.7 Å². The lowest BCUT2D eigenvalue weighted by Gasteiger charge is -2.11. The van der Waals surface area contributed by atoms with Crippen LogP contribution in [0.25, 0.3) is 16.9 Å². The highest BCUT2D eigenvalue weighted by Gasteiger charge is 2.12. The highest BCUT2D eigenvalue weighted by Crippen LogP contribution is 2.30. The number of carbonyl (C=O) groups excluding carboxylic acids is 1. The predicted molar refractivity (Wildman–Crippen MR) is 135 cm³/mol. The van der Waals surface area contributed by atoms with E-state index in [1.807, 2.05) is 72.4 Å². The summed E-state index contributed by atoms with van der Waals surface area (Å²) in [5.41, 5.74) is 3.70.